The summed E-state index contributed by atoms with van der Waals surface area (Å²) < 4.78 is 1.64. The third-order valence-corrected chi connectivity index (χ3v) is 4.10. The monoisotopic (exact) mass is 359 g/mol. The molecule has 0 aliphatic heterocycles. The van der Waals surface area contributed by atoms with Crippen LogP contribution in [-0.4, -0.2) is 35.9 Å². The largest absolute Gasteiger partial charge is 0.322 e. The van der Waals surface area contributed by atoms with Crippen LogP contribution in [0.1, 0.15) is 21.9 Å². The van der Waals surface area contributed by atoms with Gasteiger partial charge in [-0.15, -0.1) is 0 Å². The molecule has 0 saturated heterocycles. The fourth-order valence-corrected chi connectivity index (χ4v) is 2.75. The van der Waals surface area contributed by atoms with Gasteiger partial charge in [-0.25, -0.2) is 14.6 Å². The summed E-state index contributed by atoms with van der Waals surface area (Å²) in [5.74, 6) is 1.74. The first-order valence-corrected chi connectivity index (χ1v) is 8.38. The van der Waals surface area contributed by atoms with Crippen molar-refractivity contribution in [2.75, 3.05) is 5.32 Å². The maximum Gasteiger partial charge on any atom is 0.259 e. The number of benzene rings is 1. The van der Waals surface area contributed by atoms with Gasteiger partial charge in [0.1, 0.15) is 5.82 Å². The van der Waals surface area contributed by atoms with Crippen LogP contribution in [0.3, 0.4) is 0 Å². The van der Waals surface area contributed by atoms with Gasteiger partial charge in [0, 0.05) is 17.4 Å². The summed E-state index contributed by atoms with van der Waals surface area (Å²) in [6.07, 6.45) is 3.23. The number of H-pyrrole nitrogens is 1. The zero-order valence-electron chi connectivity index (χ0n) is 14.8. The molecule has 134 valence electrons. The quantitative estimate of drug-likeness (QED) is 0.583. The molecule has 2 N–H and O–H groups in total. The molecule has 0 bridgehead atoms. The van der Waals surface area contributed by atoms with Crippen molar-refractivity contribution in [3.05, 3.63) is 71.9 Å². The minimum Gasteiger partial charge on any atom is -0.322 e. The van der Waals surface area contributed by atoms with E-state index in [-0.39, 0.29) is 5.91 Å². The van der Waals surface area contributed by atoms with Crippen molar-refractivity contribution in [1.29, 1.82) is 0 Å². The molecular formula is C19H17N7O. The van der Waals surface area contributed by atoms with Gasteiger partial charge in [0.15, 0.2) is 11.6 Å². The number of carbonyl (C=O) groups excluding carboxylic acids is 1. The van der Waals surface area contributed by atoms with Crippen molar-refractivity contribution in [2.24, 2.45) is 0 Å². The molecule has 0 aliphatic carbocycles. The van der Waals surface area contributed by atoms with E-state index in [1.165, 1.54) is 0 Å². The van der Waals surface area contributed by atoms with E-state index in [2.05, 4.69) is 30.6 Å². The van der Waals surface area contributed by atoms with Gasteiger partial charge in [0.05, 0.1) is 17.5 Å². The van der Waals surface area contributed by atoms with Gasteiger partial charge < -0.3 is 5.32 Å². The zero-order valence-corrected chi connectivity index (χ0v) is 14.8. The summed E-state index contributed by atoms with van der Waals surface area (Å²) >= 11 is 0. The summed E-state index contributed by atoms with van der Waals surface area (Å²) in [4.78, 5) is 21.3. The zero-order chi connectivity index (χ0) is 18.8. The standard InChI is InChI=1S/C19H17N7O/c1-12-16(11-21-26(12)17-8-3-4-9-20-17)19(27)23-15-7-5-6-14(10-15)18-22-13(2)24-25-18/h3-11H,1-2H3,(H,23,27)(H,22,24,25). The highest BCUT2D eigenvalue weighted by molar-refractivity contribution is 6.05. The van der Waals surface area contributed by atoms with Gasteiger partial charge in [-0.2, -0.15) is 10.2 Å². The van der Waals surface area contributed by atoms with Crippen LogP contribution in [0.25, 0.3) is 17.2 Å². The van der Waals surface area contributed by atoms with Crippen LogP contribution in [-0.2, 0) is 0 Å². The van der Waals surface area contributed by atoms with Crippen molar-refractivity contribution in [3.8, 4) is 17.2 Å². The first-order chi connectivity index (χ1) is 13.1. The van der Waals surface area contributed by atoms with Gasteiger partial charge >= 0.3 is 0 Å². The van der Waals surface area contributed by atoms with E-state index >= 15 is 0 Å². The second-order valence-electron chi connectivity index (χ2n) is 6.02. The molecule has 4 rings (SSSR count). The summed E-state index contributed by atoms with van der Waals surface area (Å²) in [7, 11) is 0. The Morgan fingerprint density at radius 3 is 2.78 bits per heavy atom. The van der Waals surface area contributed by atoms with E-state index in [4.69, 9.17) is 0 Å². The Balaban J connectivity index is 1.58. The number of pyridine rings is 1. The highest BCUT2D eigenvalue weighted by atomic mass is 16.1. The highest BCUT2D eigenvalue weighted by Gasteiger charge is 2.16. The third-order valence-electron chi connectivity index (χ3n) is 4.10. The Hall–Kier alpha value is -3.81. The molecule has 0 atom stereocenters. The average Bonchev–Trinajstić information content (AvgIpc) is 3.28. The highest BCUT2D eigenvalue weighted by Crippen LogP contribution is 2.20. The van der Waals surface area contributed by atoms with E-state index in [1.54, 1.807) is 17.1 Å². The molecule has 0 aliphatic rings. The molecule has 0 saturated carbocycles. The smallest absolute Gasteiger partial charge is 0.259 e. The van der Waals surface area contributed by atoms with Crippen molar-refractivity contribution in [1.82, 2.24) is 29.9 Å². The topological polar surface area (TPSA) is 101 Å². The number of hydrogen-bond acceptors (Lipinski definition) is 5. The maximum atomic E-state index is 12.7. The van der Waals surface area contributed by atoms with E-state index < -0.39 is 0 Å². The van der Waals surface area contributed by atoms with Crippen LogP contribution in [0.2, 0.25) is 0 Å². The van der Waals surface area contributed by atoms with Gasteiger partial charge in [-0.05, 0) is 38.1 Å². The van der Waals surface area contributed by atoms with Gasteiger partial charge in [0.2, 0.25) is 0 Å². The number of nitrogens with zero attached hydrogens (tertiary/aromatic N) is 5. The van der Waals surface area contributed by atoms with Crippen LogP contribution in [0.4, 0.5) is 5.69 Å². The number of aromatic nitrogens is 6. The van der Waals surface area contributed by atoms with Gasteiger partial charge in [-0.3, -0.25) is 9.89 Å². The lowest BCUT2D eigenvalue weighted by Gasteiger charge is -2.07. The Bertz CT molecular complexity index is 1100. The molecule has 0 fully saturated rings. The lowest BCUT2D eigenvalue weighted by atomic mass is 10.1. The van der Waals surface area contributed by atoms with Gasteiger partial charge in [-0.1, -0.05) is 18.2 Å². The summed E-state index contributed by atoms with van der Waals surface area (Å²) in [6, 6.07) is 12.9. The number of hydrogen-bond donors (Lipinski definition) is 2. The molecule has 3 aromatic heterocycles. The van der Waals surface area contributed by atoms with E-state index in [0.29, 0.717) is 28.6 Å². The molecule has 4 aromatic rings. The molecule has 3 heterocycles. The minimum atomic E-state index is -0.238. The normalized spacial score (nSPS) is 10.7. The van der Waals surface area contributed by atoms with Crippen LogP contribution in [0.15, 0.2) is 54.9 Å². The van der Waals surface area contributed by atoms with Crippen LogP contribution in [0.5, 0.6) is 0 Å². The van der Waals surface area contributed by atoms with Gasteiger partial charge in [0.25, 0.3) is 5.91 Å². The lowest BCUT2D eigenvalue weighted by Crippen LogP contribution is -2.13. The SMILES string of the molecule is Cc1nc(-c2cccc(NC(=O)c3cnn(-c4ccccn4)c3C)c2)n[nH]1. The first kappa shape index (κ1) is 16.6. The van der Waals surface area contributed by atoms with Crippen LogP contribution in [0, 0.1) is 13.8 Å². The molecule has 0 unspecified atom stereocenters. The maximum absolute atomic E-state index is 12.7. The van der Waals surface area contributed by atoms with E-state index in [1.807, 2.05) is 56.3 Å². The number of aromatic amines is 1. The lowest BCUT2D eigenvalue weighted by molar-refractivity contribution is 0.102. The molecule has 8 nitrogen and oxygen atoms in total. The Kier molecular flexibility index (Phi) is 4.21. The second kappa shape index (κ2) is 6.83. The number of anilines is 1. The van der Waals surface area contributed by atoms with E-state index in [0.717, 1.165) is 11.4 Å². The number of nitrogens with one attached hydrogen (secondary N) is 2. The predicted octanol–water partition coefficient (Wildman–Crippen LogP) is 2.92. The molecule has 0 radical (unpaired) electrons. The molecule has 8 heteroatoms. The Morgan fingerprint density at radius 2 is 2.04 bits per heavy atom. The Morgan fingerprint density at radius 1 is 1.15 bits per heavy atom. The Labute approximate surface area is 155 Å². The molecular weight excluding hydrogens is 342 g/mol. The van der Waals surface area contributed by atoms with Crippen molar-refractivity contribution in [3.63, 3.8) is 0 Å². The molecule has 0 spiro atoms. The molecule has 1 amide bonds. The number of amides is 1. The third kappa shape index (κ3) is 3.32. The fraction of sp³-hybridized carbons (Fsp3) is 0.105. The number of rotatable bonds is 4. The van der Waals surface area contributed by atoms with Crippen molar-refractivity contribution in [2.45, 2.75) is 13.8 Å². The summed E-state index contributed by atoms with van der Waals surface area (Å²) in [6.45, 7) is 3.67. The minimum absolute atomic E-state index is 0.238. The molecule has 27 heavy (non-hydrogen) atoms. The van der Waals surface area contributed by atoms with Crippen LogP contribution < -0.4 is 5.32 Å². The van der Waals surface area contributed by atoms with Crippen LogP contribution >= 0.6 is 0 Å². The first-order valence-electron chi connectivity index (χ1n) is 8.38. The van der Waals surface area contributed by atoms with Crippen molar-refractivity contribution >= 4 is 11.6 Å². The number of aryl methyl sites for hydroxylation is 1. The fourth-order valence-electron chi connectivity index (χ4n) is 2.75. The number of carbonyl (C=O) groups is 1. The molecule has 1 aromatic carbocycles. The second-order valence-corrected chi connectivity index (χ2v) is 6.02. The predicted molar refractivity (Wildman–Crippen MR) is 101 cm³/mol. The summed E-state index contributed by atoms with van der Waals surface area (Å²) in [5, 5.41) is 14.1. The summed E-state index contributed by atoms with van der Waals surface area (Å²) in [5.41, 5.74) is 2.68. The van der Waals surface area contributed by atoms with Crippen molar-refractivity contribution < 1.29 is 4.79 Å². The van der Waals surface area contributed by atoms with E-state index in [9.17, 15) is 4.79 Å². The average molecular weight is 359 g/mol.